The standard InChI is InChI=1S/C16H24N2O5S/c1-12(10-22-4)11-24(21,17-14(3)19)18-16(20)23-13(2)15-8-6-5-7-9-15/h5-9,12-13H,10-11H2,1-4H3,(H,17,18,19,20,21)/t12-,13-,24?/m0/s1. The fourth-order valence-electron chi connectivity index (χ4n) is 2.13. The van der Waals surface area contributed by atoms with Crippen molar-refractivity contribution in [2.45, 2.75) is 26.9 Å². The highest BCUT2D eigenvalue weighted by molar-refractivity contribution is 7.92. The second-order valence-corrected chi connectivity index (χ2v) is 7.55. The highest BCUT2D eigenvalue weighted by atomic mass is 32.2. The van der Waals surface area contributed by atoms with Crippen molar-refractivity contribution >= 4 is 21.9 Å². The van der Waals surface area contributed by atoms with E-state index in [0.29, 0.717) is 6.61 Å². The summed E-state index contributed by atoms with van der Waals surface area (Å²) in [6, 6.07) is 9.12. The number of ether oxygens (including phenoxy) is 2. The summed E-state index contributed by atoms with van der Waals surface area (Å²) in [6.45, 7) is 5.03. The van der Waals surface area contributed by atoms with Gasteiger partial charge in [-0.3, -0.25) is 9.52 Å². The van der Waals surface area contributed by atoms with E-state index in [1.54, 1.807) is 13.8 Å². The molecule has 0 aromatic heterocycles. The summed E-state index contributed by atoms with van der Waals surface area (Å²) < 4.78 is 28.8. The van der Waals surface area contributed by atoms with Crippen molar-refractivity contribution in [2.75, 3.05) is 19.5 Å². The van der Waals surface area contributed by atoms with Crippen molar-refractivity contribution in [3.8, 4) is 0 Å². The van der Waals surface area contributed by atoms with Gasteiger partial charge in [0.15, 0.2) is 0 Å². The van der Waals surface area contributed by atoms with Gasteiger partial charge in [0.25, 0.3) is 0 Å². The number of nitrogens with one attached hydrogen (secondary N) is 1. The van der Waals surface area contributed by atoms with Gasteiger partial charge in [0, 0.05) is 20.6 Å². The van der Waals surface area contributed by atoms with Crippen LogP contribution in [-0.4, -0.2) is 35.7 Å². The fraction of sp³-hybridized carbons (Fsp3) is 0.500. The van der Waals surface area contributed by atoms with Gasteiger partial charge >= 0.3 is 6.09 Å². The third-order valence-electron chi connectivity index (χ3n) is 3.03. The van der Waals surface area contributed by atoms with Crippen molar-refractivity contribution in [1.29, 1.82) is 0 Å². The van der Waals surface area contributed by atoms with Crippen LogP contribution in [0.2, 0.25) is 0 Å². The molecule has 1 aromatic rings. The van der Waals surface area contributed by atoms with E-state index < -0.39 is 28.0 Å². The molecule has 0 radical (unpaired) electrons. The van der Waals surface area contributed by atoms with E-state index in [2.05, 4.69) is 9.08 Å². The highest BCUT2D eigenvalue weighted by Crippen LogP contribution is 2.17. The molecule has 0 aliphatic carbocycles. The first-order chi connectivity index (χ1) is 11.3. The Labute approximate surface area is 143 Å². The van der Waals surface area contributed by atoms with Crippen LogP contribution in [0.4, 0.5) is 4.79 Å². The summed E-state index contributed by atoms with van der Waals surface area (Å²) in [4.78, 5) is 23.3. The van der Waals surface area contributed by atoms with Gasteiger partial charge in [-0.05, 0) is 18.4 Å². The Morgan fingerprint density at radius 2 is 1.88 bits per heavy atom. The number of rotatable bonds is 7. The maximum absolute atomic E-state index is 12.8. The van der Waals surface area contributed by atoms with Crippen LogP contribution < -0.4 is 4.72 Å². The molecule has 0 saturated carbocycles. The molecule has 0 aliphatic rings. The summed E-state index contributed by atoms with van der Waals surface area (Å²) in [5.41, 5.74) is 0.792. The molecular formula is C16H24N2O5S. The molecule has 2 amide bonds. The van der Waals surface area contributed by atoms with Gasteiger partial charge in [-0.1, -0.05) is 37.3 Å². The Morgan fingerprint density at radius 1 is 1.25 bits per heavy atom. The van der Waals surface area contributed by atoms with Crippen molar-refractivity contribution in [3.63, 3.8) is 0 Å². The molecule has 0 aliphatic heterocycles. The molecule has 0 heterocycles. The monoisotopic (exact) mass is 356 g/mol. The van der Waals surface area contributed by atoms with Crippen LogP contribution in [0.5, 0.6) is 0 Å². The van der Waals surface area contributed by atoms with Crippen LogP contribution in [0.3, 0.4) is 0 Å². The predicted octanol–water partition coefficient (Wildman–Crippen LogP) is 2.69. The molecule has 7 nitrogen and oxygen atoms in total. The van der Waals surface area contributed by atoms with Gasteiger partial charge in [-0.2, -0.15) is 0 Å². The van der Waals surface area contributed by atoms with Crippen molar-refractivity contribution < 1.29 is 23.3 Å². The number of amides is 2. The predicted molar refractivity (Wildman–Crippen MR) is 91.6 cm³/mol. The minimum atomic E-state index is -3.27. The number of hydrogen-bond donors (Lipinski definition) is 1. The van der Waals surface area contributed by atoms with Crippen LogP contribution >= 0.6 is 0 Å². The lowest BCUT2D eigenvalue weighted by Crippen LogP contribution is -2.34. The van der Waals surface area contributed by atoms with Crippen LogP contribution in [0.25, 0.3) is 0 Å². The molecule has 8 heteroatoms. The molecule has 134 valence electrons. The average Bonchev–Trinajstić information content (AvgIpc) is 2.46. The van der Waals surface area contributed by atoms with Gasteiger partial charge in [0.1, 0.15) is 16.0 Å². The molecule has 1 rings (SSSR count). The smallest absolute Gasteiger partial charge is 0.440 e. The molecule has 0 spiro atoms. The lowest BCUT2D eigenvalue weighted by Gasteiger charge is -2.16. The molecule has 24 heavy (non-hydrogen) atoms. The second-order valence-electron chi connectivity index (χ2n) is 5.55. The van der Waals surface area contributed by atoms with E-state index in [1.165, 1.54) is 14.0 Å². The minimum absolute atomic E-state index is 0.00472. The zero-order valence-electron chi connectivity index (χ0n) is 14.4. The lowest BCUT2D eigenvalue weighted by molar-refractivity contribution is -0.117. The van der Waals surface area contributed by atoms with E-state index in [0.717, 1.165) is 5.56 Å². The Morgan fingerprint density at radius 3 is 2.42 bits per heavy atom. The van der Waals surface area contributed by atoms with Crippen molar-refractivity contribution in [2.24, 2.45) is 10.3 Å². The first-order valence-electron chi connectivity index (χ1n) is 7.53. The van der Waals surface area contributed by atoms with Gasteiger partial charge in [-0.15, -0.1) is 4.36 Å². The highest BCUT2D eigenvalue weighted by Gasteiger charge is 2.20. The number of hydrogen-bond acceptors (Lipinski definition) is 5. The quantitative estimate of drug-likeness (QED) is 0.810. The lowest BCUT2D eigenvalue weighted by atomic mass is 10.1. The van der Waals surface area contributed by atoms with Gasteiger partial charge in [-0.25, -0.2) is 9.00 Å². The molecule has 0 bridgehead atoms. The number of carbonyl (C=O) groups excluding carboxylic acids is 2. The van der Waals surface area contributed by atoms with Crippen molar-refractivity contribution in [3.05, 3.63) is 35.9 Å². The van der Waals surface area contributed by atoms with Crippen LogP contribution in [0, 0.1) is 5.92 Å². The Balaban J connectivity index is 2.90. The molecule has 0 saturated heterocycles. The van der Waals surface area contributed by atoms with Crippen LogP contribution in [0.1, 0.15) is 32.4 Å². The summed E-state index contributed by atoms with van der Waals surface area (Å²) in [7, 11) is -1.75. The van der Waals surface area contributed by atoms with Crippen LogP contribution in [-0.2, 0) is 24.2 Å². The molecule has 1 unspecified atom stereocenters. The number of benzene rings is 1. The first-order valence-corrected chi connectivity index (χ1v) is 9.22. The maximum Gasteiger partial charge on any atom is 0.443 e. The Hall–Kier alpha value is -1.93. The normalized spacial score (nSPS) is 15.7. The zero-order valence-corrected chi connectivity index (χ0v) is 15.2. The Bertz CT molecular complexity index is 668. The number of carbonyl (C=O) groups is 2. The van der Waals surface area contributed by atoms with Gasteiger partial charge in [0.2, 0.25) is 5.91 Å². The van der Waals surface area contributed by atoms with E-state index in [9.17, 15) is 13.8 Å². The summed E-state index contributed by atoms with van der Waals surface area (Å²) >= 11 is 0. The number of nitrogens with zero attached hydrogens (tertiary/aromatic N) is 1. The summed E-state index contributed by atoms with van der Waals surface area (Å²) in [6.07, 6.45) is -1.52. The molecule has 0 fully saturated rings. The largest absolute Gasteiger partial charge is 0.443 e. The maximum atomic E-state index is 12.8. The van der Waals surface area contributed by atoms with E-state index in [4.69, 9.17) is 9.47 Å². The van der Waals surface area contributed by atoms with Crippen molar-refractivity contribution in [1.82, 2.24) is 4.72 Å². The minimum Gasteiger partial charge on any atom is -0.440 e. The van der Waals surface area contributed by atoms with E-state index in [-0.39, 0.29) is 11.7 Å². The van der Waals surface area contributed by atoms with E-state index >= 15 is 0 Å². The van der Waals surface area contributed by atoms with E-state index in [1.807, 2.05) is 30.3 Å². The van der Waals surface area contributed by atoms with Gasteiger partial charge < -0.3 is 9.47 Å². The fourth-order valence-corrected chi connectivity index (χ4v) is 3.93. The molecule has 1 aromatic carbocycles. The van der Waals surface area contributed by atoms with Crippen LogP contribution in [0.15, 0.2) is 34.7 Å². The third kappa shape index (κ3) is 7.10. The third-order valence-corrected chi connectivity index (χ3v) is 5.10. The topological polar surface area (TPSA) is 94.1 Å². The summed E-state index contributed by atoms with van der Waals surface area (Å²) in [5.74, 6) is -0.690. The average molecular weight is 356 g/mol. The molecule has 3 atom stereocenters. The Kier molecular flexibility index (Phi) is 7.87. The molecular weight excluding hydrogens is 332 g/mol. The first kappa shape index (κ1) is 20.1. The summed E-state index contributed by atoms with van der Waals surface area (Å²) in [5, 5.41) is 0. The molecule has 1 N–H and O–H groups in total. The van der Waals surface area contributed by atoms with Gasteiger partial charge in [0.05, 0.1) is 5.75 Å². The SMILES string of the molecule is COC[C@H](C)CS(=O)(=NC(=O)O[C@@H](C)c1ccccc1)NC(C)=O. The zero-order chi connectivity index (χ0) is 18.2. The second kappa shape index (κ2) is 9.39. The number of methoxy groups -OCH3 is 1.